The number of thiophene rings is 1. The van der Waals surface area contributed by atoms with E-state index in [1.807, 2.05) is 32.9 Å². The Morgan fingerprint density at radius 1 is 1.53 bits per heavy atom. The molecule has 0 aliphatic carbocycles. The zero-order chi connectivity index (χ0) is 14.0. The van der Waals surface area contributed by atoms with Crippen molar-refractivity contribution in [1.29, 1.82) is 0 Å². The summed E-state index contributed by atoms with van der Waals surface area (Å²) in [5, 5.41) is 0. The van der Waals surface area contributed by atoms with E-state index in [0.717, 1.165) is 8.66 Å². The Labute approximate surface area is 125 Å². The summed E-state index contributed by atoms with van der Waals surface area (Å²) in [6.45, 7) is 7.29. The molecule has 1 atom stereocenters. The van der Waals surface area contributed by atoms with E-state index in [1.54, 1.807) is 16.2 Å². The fraction of sp³-hybridized carbons (Fsp3) is 0.615. The molecular formula is C13H18BrNO3S. The number of rotatable bonds is 1. The smallest absolute Gasteiger partial charge is 0.410 e. The Morgan fingerprint density at radius 3 is 2.84 bits per heavy atom. The summed E-state index contributed by atoms with van der Waals surface area (Å²) in [5.74, 6) is 0. The molecule has 1 unspecified atom stereocenters. The lowest BCUT2D eigenvalue weighted by atomic mass is 10.2. The normalized spacial score (nSPS) is 20.4. The van der Waals surface area contributed by atoms with Crippen molar-refractivity contribution in [2.75, 3.05) is 19.7 Å². The lowest BCUT2D eigenvalue weighted by Crippen LogP contribution is -2.44. The van der Waals surface area contributed by atoms with Gasteiger partial charge >= 0.3 is 6.09 Å². The van der Waals surface area contributed by atoms with Gasteiger partial charge in [0, 0.05) is 11.4 Å². The van der Waals surface area contributed by atoms with Crippen LogP contribution in [0.15, 0.2) is 15.9 Å². The Balaban J connectivity index is 1.99. The summed E-state index contributed by atoms with van der Waals surface area (Å²) in [6, 6.07) is 4.02. The van der Waals surface area contributed by atoms with Crippen molar-refractivity contribution in [3.05, 3.63) is 20.8 Å². The van der Waals surface area contributed by atoms with Crippen molar-refractivity contribution in [1.82, 2.24) is 4.90 Å². The Kier molecular flexibility index (Phi) is 4.53. The van der Waals surface area contributed by atoms with E-state index in [2.05, 4.69) is 15.9 Å². The molecule has 1 saturated heterocycles. The van der Waals surface area contributed by atoms with Crippen molar-refractivity contribution in [3.63, 3.8) is 0 Å². The molecule has 1 amide bonds. The monoisotopic (exact) mass is 347 g/mol. The predicted octanol–water partition coefficient (Wildman–Crippen LogP) is 3.82. The molecular weight excluding hydrogens is 330 g/mol. The lowest BCUT2D eigenvalue weighted by Gasteiger charge is -2.33. The minimum absolute atomic E-state index is 0.0578. The number of carbonyl (C=O) groups is 1. The average molecular weight is 348 g/mol. The van der Waals surface area contributed by atoms with Crippen LogP contribution in [0.4, 0.5) is 4.79 Å². The van der Waals surface area contributed by atoms with Crippen LogP contribution in [-0.4, -0.2) is 36.3 Å². The Bertz CT molecular complexity index is 455. The first kappa shape index (κ1) is 14.8. The summed E-state index contributed by atoms with van der Waals surface area (Å²) in [4.78, 5) is 14.9. The van der Waals surface area contributed by atoms with Gasteiger partial charge in [-0.2, -0.15) is 0 Å². The molecule has 2 heterocycles. The average Bonchev–Trinajstić information content (AvgIpc) is 2.74. The highest BCUT2D eigenvalue weighted by atomic mass is 79.9. The van der Waals surface area contributed by atoms with Gasteiger partial charge in [0.25, 0.3) is 0 Å². The summed E-state index contributed by atoms with van der Waals surface area (Å²) >= 11 is 5.07. The Hall–Kier alpha value is -0.590. The molecule has 0 aromatic carbocycles. The molecule has 6 heteroatoms. The van der Waals surface area contributed by atoms with Gasteiger partial charge in [0.1, 0.15) is 11.7 Å². The molecule has 0 radical (unpaired) electrons. The van der Waals surface area contributed by atoms with E-state index >= 15 is 0 Å². The first-order valence-corrected chi connectivity index (χ1v) is 7.81. The van der Waals surface area contributed by atoms with Gasteiger partial charge in [0.2, 0.25) is 0 Å². The predicted molar refractivity (Wildman–Crippen MR) is 78.5 cm³/mol. The standard InChI is InChI=1S/C13H18BrNO3S/c1-13(2,3)18-12(16)15-6-7-17-9(8-15)10-4-5-11(14)19-10/h4-5,9H,6-8H2,1-3H3. The second-order valence-electron chi connectivity index (χ2n) is 5.43. The molecule has 4 nitrogen and oxygen atoms in total. The van der Waals surface area contributed by atoms with Crippen molar-refractivity contribution in [2.45, 2.75) is 32.5 Å². The van der Waals surface area contributed by atoms with E-state index in [1.165, 1.54) is 0 Å². The number of halogens is 1. The van der Waals surface area contributed by atoms with Crippen LogP contribution in [-0.2, 0) is 9.47 Å². The maximum absolute atomic E-state index is 12.0. The van der Waals surface area contributed by atoms with Crippen LogP contribution in [0.2, 0.25) is 0 Å². The highest BCUT2D eigenvalue weighted by molar-refractivity contribution is 9.11. The number of hydrogen-bond donors (Lipinski definition) is 0. The maximum Gasteiger partial charge on any atom is 0.410 e. The van der Waals surface area contributed by atoms with E-state index in [0.29, 0.717) is 19.7 Å². The minimum atomic E-state index is -0.461. The second-order valence-corrected chi connectivity index (χ2v) is 7.92. The van der Waals surface area contributed by atoms with E-state index in [9.17, 15) is 4.79 Å². The van der Waals surface area contributed by atoms with Crippen molar-refractivity contribution >= 4 is 33.4 Å². The first-order valence-electron chi connectivity index (χ1n) is 6.20. The van der Waals surface area contributed by atoms with Crippen LogP contribution in [0.3, 0.4) is 0 Å². The molecule has 0 saturated carbocycles. The van der Waals surface area contributed by atoms with Crippen LogP contribution in [0.1, 0.15) is 31.8 Å². The molecule has 1 aliphatic rings. The van der Waals surface area contributed by atoms with Gasteiger partial charge in [-0.05, 0) is 48.8 Å². The molecule has 1 fully saturated rings. The number of nitrogens with zero attached hydrogens (tertiary/aromatic N) is 1. The topological polar surface area (TPSA) is 38.8 Å². The molecule has 106 valence electrons. The van der Waals surface area contributed by atoms with Crippen molar-refractivity contribution in [2.24, 2.45) is 0 Å². The number of ether oxygens (including phenoxy) is 2. The number of morpholine rings is 1. The van der Waals surface area contributed by atoms with Crippen LogP contribution < -0.4 is 0 Å². The molecule has 1 aliphatic heterocycles. The molecule has 0 spiro atoms. The van der Waals surface area contributed by atoms with Crippen LogP contribution in [0.25, 0.3) is 0 Å². The molecule has 19 heavy (non-hydrogen) atoms. The minimum Gasteiger partial charge on any atom is -0.444 e. The second kappa shape index (κ2) is 5.81. The number of hydrogen-bond acceptors (Lipinski definition) is 4. The summed E-state index contributed by atoms with van der Waals surface area (Å²) in [7, 11) is 0. The van der Waals surface area contributed by atoms with Gasteiger partial charge < -0.3 is 14.4 Å². The third kappa shape index (κ3) is 4.19. The van der Waals surface area contributed by atoms with Crippen molar-refractivity contribution in [3.8, 4) is 0 Å². The first-order chi connectivity index (χ1) is 8.85. The van der Waals surface area contributed by atoms with Gasteiger partial charge in [0.15, 0.2) is 0 Å². The van der Waals surface area contributed by atoms with Crippen LogP contribution >= 0.6 is 27.3 Å². The largest absolute Gasteiger partial charge is 0.444 e. The summed E-state index contributed by atoms with van der Waals surface area (Å²) in [5.41, 5.74) is -0.461. The van der Waals surface area contributed by atoms with Gasteiger partial charge in [-0.25, -0.2) is 4.79 Å². The van der Waals surface area contributed by atoms with Crippen LogP contribution in [0.5, 0.6) is 0 Å². The third-order valence-electron chi connectivity index (χ3n) is 2.63. The van der Waals surface area contributed by atoms with Gasteiger partial charge in [0.05, 0.1) is 16.9 Å². The fourth-order valence-electron chi connectivity index (χ4n) is 1.82. The third-order valence-corrected chi connectivity index (χ3v) is 4.35. The van der Waals surface area contributed by atoms with E-state index in [4.69, 9.17) is 9.47 Å². The number of amides is 1. The molecule has 1 aromatic heterocycles. The summed E-state index contributed by atoms with van der Waals surface area (Å²) in [6.07, 6.45) is -0.325. The van der Waals surface area contributed by atoms with E-state index < -0.39 is 5.60 Å². The quantitative estimate of drug-likeness (QED) is 0.775. The number of carbonyl (C=O) groups excluding carboxylic acids is 1. The van der Waals surface area contributed by atoms with E-state index in [-0.39, 0.29) is 12.2 Å². The van der Waals surface area contributed by atoms with Crippen LogP contribution in [0, 0.1) is 0 Å². The molecule has 2 rings (SSSR count). The van der Waals surface area contributed by atoms with Crippen molar-refractivity contribution < 1.29 is 14.3 Å². The molecule has 0 N–H and O–H groups in total. The highest BCUT2D eigenvalue weighted by Crippen LogP contribution is 2.31. The van der Waals surface area contributed by atoms with Gasteiger partial charge in [-0.15, -0.1) is 11.3 Å². The van der Waals surface area contributed by atoms with Gasteiger partial charge in [-0.1, -0.05) is 0 Å². The SMILES string of the molecule is CC(C)(C)OC(=O)N1CCOC(c2ccc(Br)s2)C1. The zero-order valence-electron chi connectivity index (χ0n) is 11.3. The fourth-order valence-corrected chi connectivity index (χ4v) is 3.28. The lowest BCUT2D eigenvalue weighted by molar-refractivity contribution is -0.0420. The van der Waals surface area contributed by atoms with Gasteiger partial charge in [-0.3, -0.25) is 0 Å². The Morgan fingerprint density at radius 2 is 2.26 bits per heavy atom. The highest BCUT2D eigenvalue weighted by Gasteiger charge is 2.29. The molecule has 1 aromatic rings. The maximum atomic E-state index is 12.0. The summed E-state index contributed by atoms with van der Waals surface area (Å²) < 4.78 is 12.2. The zero-order valence-corrected chi connectivity index (χ0v) is 13.7. The molecule has 0 bridgehead atoms.